The smallest absolute Gasteiger partial charge is 0.143 e. The zero-order valence-electron chi connectivity index (χ0n) is 37.7. The van der Waals surface area contributed by atoms with Gasteiger partial charge in [-0.2, -0.15) is 0 Å². The lowest BCUT2D eigenvalue weighted by Crippen LogP contribution is -2.11. The van der Waals surface area contributed by atoms with Gasteiger partial charge in [0.15, 0.2) is 0 Å². The van der Waals surface area contributed by atoms with Crippen LogP contribution in [0.15, 0.2) is 271 Å². The van der Waals surface area contributed by atoms with Crippen molar-refractivity contribution >= 4 is 60.8 Å². The van der Waals surface area contributed by atoms with Crippen LogP contribution in [0.4, 0.5) is 17.1 Å². The highest BCUT2D eigenvalue weighted by atomic mass is 16.3. The number of para-hydroxylation sites is 5. The summed E-state index contributed by atoms with van der Waals surface area (Å²) in [6.45, 7) is 0. The van der Waals surface area contributed by atoms with Crippen LogP contribution in [0.1, 0.15) is 0 Å². The van der Waals surface area contributed by atoms with Gasteiger partial charge in [-0.15, -0.1) is 0 Å². The van der Waals surface area contributed by atoms with Gasteiger partial charge in [-0.05, 0) is 111 Å². The molecule has 324 valence electrons. The normalized spacial score (nSPS) is 11.5. The molecule has 0 aliphatic rings. The Morgan fingerprint density at radius 1 is 0.290 bits per heavy atom. The molecule has 13 aromatic rings. The molecule has 0 N–H and O–H groups in total. The van der Waals surface area contributed by atoms with Crippen LogP contribution < -0.4 is 4.90 Å². The largest absolute Gasteiger partial charge is 0.455 e. The Bertz CT molecular complexity index is 4000. The molecule has 3 nitrogen and oxygen atoms in total. The van der Waals surface area contributed by atoms with Gasteiger partial charge in [0.25, 0.3) is 0 Å². The lowest BCUT2D eigenvalue weighted by atomic mass is 9.88. The van der Waals surface area contributed by atoms with Crippen LogP contribution in [0.3, 0.4) is 0 Å². The van der Waals surface area contributed by atoms with Crippen molar-refractivity contribution in [3.8, 4) is 61.3 Å². The summed E-state index contributed by atoms with van der Waals surface area (Å²) in [5.41, 5.74) is 20.1. The lowest BCUT2D eigenvalue weighted by molar-refractivity contribution is 0.670. The zero-order chi connectivity index (χ0) is 45.7. The molecule has 0 radical (unpaired) electrons. The molecule has 0 unspecified atom stereocenters. The number of rotatable bonds is 9. The van der Waals surface area contributed by atoms with Gasteiger partial charge in [0.2, 0.25) is 0 Å². The highest BCUT2D eigenvalue weighted by molar-refractivity contribution is 6.11. The summed E-state index contributed by atoms with van der Waals surface area (Å²) in [5, 5.41) is 4.72. The van der Waals surface area contributed by atoms with Crippen LogP contribution in [0, 0.1) is 0 Å². The van der Waals surface area contributed by atoms with E-state index in [2.05, 4.69) is 264 Å². The van der Waals surface area contributed by atoms with Crippen molar-refractivity contribution in [3.63, 3.8) is 0 Å². The Labute approximate surface area is 401 Å². The van der Waals surface area contributed by atoms with Crippen molar-refractivity contribution in [1.82, 2.24) is 4.57 Å². The second kappa shape index (κ2) is 16.9. The van der Waals surface area contributed by atoms with Crippen molar-refractivity contribution in [1.29, 1.82) is 0 Å². The molecular weight excluding hydrogens is 837 g/mol. The molecule has 69 heavy (non-hydrogen) atoms. The first kappa shape index (κ1) is 40.1. The molecule has 3 heteroatoms. The average molecular weight is 881 g/mol. The van der Waals surface area contributed by atoms with Crippen molar-refractivity contribution in [2.75, 3.05) is 4.90 Å². The topological polar surface area (TPSA) is 21.3 Å². The van der Waals surface area contributed by atoms with Crippen molar-refractivity contribution in [2.24, 2.45) is 0 Å². The first-order valence-corrected chi connectivity index (χ1v) is 23.6. The maximum absolute atomic E-state index is 6.51. The van der Waals surface area contributed by atoms with E-state index in [0.29, 0.717) is 0 Å². The van der Waals surface area contributed by atoms with Gasteiger partial charge in [0.1, 0.15) is 11.2 Å². The Hall–Kier alpha value is -9.18. The summed E-state index contributed by atoms with van der Waals surface area (Å²) in [7, 11) is 0. The van der Waals surface area contributed by atoms with Crippen molar-refractivity contribution in [2.45, 2.75) is 0 Å². The molecule has 11 aromatic carbocycles. The van der Waals surface area contributed by atoms with Gasteiger partial charge >= 0.3 is 0 Å². The van der Waals surface area contributed by atoms with Gasteiger partial charge < -0.3 is 13.9 Å². The first-order chi connectivity index (χ1) is 34.2. The fourth-order valence-electron chi connectivity index (χ4n) is 10.4. The second-order valence-electron chi connectivity index (χ2n) is 17.6. The fourth-order valence-corrected chi connectivity index (χ4v) is 10.4. The predicted molar refractivity (Wildman–Crippen MR) is 290 cm³/mol. The number of benzene rings is 11. The third-order valence-corrected chi connectivity index (χ3v) is 13.7. The van der Waals surface area contributed by atoms with E-state index in [4.69, 9.17) is 4.42 Å². The Morgan fingerprint density at radius 3 is 1.52 bits per heavy atom. The van der Waals surface area contributed by atoms with Crippen LogP contribution in [-0.4, -0.2) is 4.57 Å². The Balaban J connectivity index is 0.948. The van der Waals surface area contributed by atoms with Gasteiger partial charge in [0, 0.05) is 49.7 Å². The lowest BCUT2D eigenvalue weighted by Gasteiger charge is -2.29. The highest BCUT2D eigenvalue weighted by Crippen LogP contribution is 2.46. The molecular formula is C66H44N2O. The third kappa shape index (κ3) is 6.99. The van der Waals surface area contributed by atoms with Crippen LogP contribution in [-0.2, 0) is 0 Å². The van der Waals surface area contributed by atoms with Gasteiger partial charge in [0.05, 0.1) is 16.7 Å². The van der Waals surface area contributed by atoms with Gasteiger partial charge in [-0.3, -0.25) is 0 Å². The molecule has 2 aromatic heterocycles. The van der Waals surface area contributed by atoms with E-state index in [1.807, 2.05) is 12.1 Å². The molecule has 0 saturated carbocycles. The molecule has 0 bridgehead atoms. The van der Waals surface area contributed by atoms with E-state index < -0.39 is 0 Å². The second-order valence-corrected chi connectivity index (χ2v) is 17.6. The SMILES string of the molecule is c1ccc(-c2ccccc2-c2ccccc2-c2ccccc2N(c2ccc(-c3ccc4c(c3)c3ccccc3n4-c3ccccc3)cc2)c2ccc(-c3cccc4c3oc3ccccc34)cc2)cc1. The molecule has 0 spiro atoms. The summed E-state index contributed by atoms with van der Waals surface area (Å²) < 4.78 is 8.87. The summed E-state index contributed by atoms with van der Waals surface area (Å²) in [6.07, 6.45) is 0. The summed E-state index contributed by atoms with van der Waals surface area (Å²) in [5.74, 6) is 0. The molecule has 13 rings (SSSR count). The Kier molecular flexibility index (Phi) is 9.84. The predicted octanol–water partition coefficient (Wildman–Crippen LogP) is 18.5. The first-order valence-electron chi connectivity index (χ1n) is 23.6. The molecule has 0 atom stereocenters. The molecule has 0 fully saturated rings. The minimum atomic E-state index is 0.897. The van der Waals surface area contributed by atoms with E-state index in [-0.39, 0.29) is 0 Å². The van der Waals surface area contributed by atoms with Crippen molar-refractivity contribution < 1.29 is 4.42 Å². The number of hydrogen-bond donors (Lipinski definition) is 0. The van der Waals surface area contributed by atoms with Crippen LogP contribution >= 0.6 is 0 Å². The average Bonchev–Trinajstić information content (AvgIpc) is 3.98. The maximum atomic E-state index is 6.51. The molecule has 2 heterocycles. The maximum Gasteiger partial charge on any atom is 0.143 e. The number of aromatic nitrogens is 1. The van der Waals surface area contributed by atoms with Gasteiger partial charge in [-0.1, -0.05) is 200 Å². The number of nitrogens with zero attached hydrogens (tertiary/aromatic N) is 2. The number of furan rings is 1. The van der Waals surface area contributed by atoms with Crippen LogP contribution in [0.2, 0.25) is 0 Å². The number of anilines is 3. The van der Waals surface area contributed by atoms with E-state index in [1.54, 1.807) is 0 Å². The molecule has 0 saturated heterocycles. The summed E-state index contributed by atoms with van der Waals surface area (Å²) in [4.78, 5) is 2.40. The van der Waals surface area contributed by atoms with Crippen LogP contribution in [0.5, 0.6) is 0 Å². The van der Waals surface area contributed by atoms with E-state index >= 15 is 0 Å². The summed E-state index contributed by atoms with van der Waals surface area (Å²) >= 11 is 0. The number of hydrogen-bond acceptors (Lipinski definition) is 2. The minimum Gasteiger partial charge on any atom is -0.455 e. The highest BCUT2D eigenvalue weighted by Gasteiger charge is 2.22. The Morgan fingerprint density at radius 2 is 0.783 bits per heavy atom. The van der Waals surface area contributed by atoms with Crippen LogP contribution in [0.25, 0.3) is 105 Å². The third-order valence-electron chi connectivity index (χ3n) is 13.7. The van der Waals surface area contributed by atoms with Gasteiger partial charge in [-0.25, -0.2) is 0 Å². The number of fused-ring (bicyclic) bond motifs is 6. The molecule has 0 amide bonds. The minimum absolute atomic E-state index is 0.897. The van der Waals surface area contributed by atoms with Crippen molar-refractivity contribution in [3.05, 3.63) is 267 Å². The van der Waals surface area contributed by atoms with E-state index in [1.165, 1.54) is 49.6 Å². The monoisotopic (exact) mass is 880 g/mol. The quantitative estimate of drug-likeness (QED) is 0.144. The van der Waals surface area contributed by atoms with E-state index in [9.17, 15) is 0 Å². The molecule has 0 aliphatic carbocycles. The zero-order valence-corrected chi connectivity index (χ0v) is 37.7. The fraction of sp³-hybridized carbons (Fsp3) is 0. The molecule has 0 aliphatic heterocycles. The van der Waals surface area contributed by atoms with E-state index in [0.717, 1.165) is 72.5 Å². The standard InChI is InChI=1S/C66H44N2O/c1-3-18-46(19-4-1)52-22-7-8-23-54(52)55-24-9-10-25-56(55)57-26-11-14-31-62(57)67(51-41-36-47(37-42-51)53-29-17-30-60-59-28-13-16-33-65(59)69-66(53)60)50-39-34-45(35-40-50)48-38-43-64-61(44-48)58-27-12-15-32-63(58)68(64)49-20-5-2-6-21-49/h1-44H. The summed E-state index contributed by atoms with van der Waals surface area (Å²) in [6, 6.07) is 96.1.